The topological polar surface area (TPSA) is 84.2 Å². The fraction of sp³-hybridized carbons (Fsp3) is 0.588. The van der Waals surface area contributed by atoms with Crippen LogP contribution in [0, 0.1) is 0 Å². The van der Waals surface area contributed by atoms with E-state index in [9.17, 15) is 8.42 Å². The lowest BCUT2D eigenvalue weighted by Crippen LogP contribution is -2.45. The van der Waals surface area contributed by atoms with E-state index in [4.69, 9.17) is 0 Å². The molecule has 1 fully saturated rings. The van der Waals surface area contributed by atoms with Gasteiger partial charge in [0.25, 0.3) is 10.2 Å². The van der Waals surface area contributed by atoms with Crippen LogP contribution in [0.25, 0.3) is 11.4 Å². The minimum Gasteiger partial charge on any atom is -0.261 e. The smallest absolute Gasteiger partial charge is 0.261 e. The summed E-state index contributed by atoms with van der Waals surface area (Å²) in [6.07, 6.45) is 7.02. The summed E-state index contributed by atoms with van der Waals surface area (Å²) in [5.41, 5.74) is 2.54. The van der Waals surface area contributed by atoms with Gasteiger partial charge in [0.05, 0.1) is 17.6 Å². The molecule has 1 saturated heterocycles. The summed E-state index contributed by atoms with van der Waals surface area (Å²) in [6.45, 7) is 5.13. The summed E-state index contributed by atoms with van der Waals surface area (Å²) in [4.78, 5) is 9.14. The van der Waals surface area contributed by atoms with Crippen LogP contribution in [-0.2, 0) is 10.2 Å². The predicted octanol–water partition coefficient (Wildman–Crippen LogP) is 1.91. The molecule has 2 aromatic heterocycles. The van der Waals surface area contributed by atoms with Gasteiger partial charge in [-0.05, 0) is 32.8 Å². The molecule has 3 heterocycles. The van der Waals surface area contributed by atoms with Crippen LogP contribution < -0.4 is 0 Å². The first-order chi connectivity index (χ1) is 12.3. The summed E-state index contributed by atoms with van der Waals surface area (Å²) in [5.74, 6) is 0.0648. The second kappa shape index (κ2) is 7.42. The van der Waals surface area contributed by atoms with E-state index in [-0.39, 0.29) is 12.0 Å². The van der Waals surface area contributed by atoms with Crippen molar-refractivity contribution in [3.8, 4) is 11.4 Å². The van der Waals surface area contributed by atoms with Gasteiger partial charge < -0.3 is 0 Å². The number of nitrogens with zero attached hydrogens (tertiary/aromatic N) is 6. The van der Waals surface area contributed by atoms with Crippen LogP contribution in [0.3, 0.4) is 0 Å². The highest BCUT2D eigenvalue weighted by molar-refractivity contribution is 7.86. The Morgan fingerprint density at radius 2 is 2.00 bits per heavy atom. The van der Waals surface area contributed by atoms with Crippen LogP contribution in [0.1, 0.15) is 44.3 Å². The fourth-order valence-corrected chi connectivity index (χ4v) is 4.42. The minimum absolute atomic E-state index is 0.0648. The number of hydrogen-bond acceptors (Lipinski definition) is 5. The largest absolute Gasteiger partial charge is 0.281 e. The minimum atomic E-state index is -3.39. The standard InChI is InChI=1S/C17H26N6O2S/c1-13(2)23-17(7-8-20-23)16-11-18-15(10-19-16)14-6-5-9-22(12-14)26(24,25)21(3)4/h7-8,10-11,13-14H,5-6,9,12H2,1-4H3/t14-/m1/s1. The van der Waals surface area contributed by atoms with Crippen molar-refractivity contribution in [2.45, 2.75) is 38.6 Å². The van der Waals surface area contributed by atoms with Crippen molar-refractivity contribution in [2.75, 3.05) is 27.2 Å². The van der Waals surface area contributed by atoms with E-state index in [1.165, 1.54) is 8.61 Å². The Morgan fingerprint density at radius 1 is 1.23 bits per heavy atom. The van der Waals surface area contributed by atoms with Crippen molar-refractivity contribution in [2.24, 2.45) is 0 Å². The zero-order valence-electron chi connectivity index (χ0n) is 15.7. The second-order valence-electron chi connectivity index (χ2n) is 7.07. The Labute approximate surface area is 155 Å². The van der Waals surface area contributed by atoms with E-state index >= 15 is 0 Å². The predicted molar refractivity (Wildman–Crippen MR) is 99.8 cm³/mol. The molecular weight excluding hydrogens is 352 g/mol. The SMILES string of the molecule is CC(C)n1nccc1-c1cnc([C@@H]2CCCN(S(=O)(=O)N(C)C)C2)cn1. The molecule has 0 aliphatic carbocycles. The summed E-state index contributed by atoms with van der Waals surface area (Å²) >= 11 is 0. The van der Waals surface area contributed by atoms with Crippen molar-refractivity contribution in [1.29, 1.82) is 0 Å². The van der Waals surface area contributed by atoms with Gasteiger partial charge in [-0.15, -0.1) is 0 Å². The van der Waals surface area contributed by atoms with E-state index in [0.29, 0.717) is 13.1 Å². The van der Waals surface area contributed by atoms with Crippen molar-refractivity contribution in [1.82, 2.24) is 28.4 Å². The molecule has 0 unspecified atom stereocenters. The number of piperidine rings is 1. The Morgan fingerprint density at radius 3 is 2.62 bits per heavy atom. The zero-order chi connectivity index (χ0) is 18.9. The number of hydrogen-bond donors (Lipinski definition) is 0. The van der Waals surface area contributed by atoms with Crippen molar-refractivity contribution >= 4 is 10.2 Å². The normalized spacial score (nSPS) is 19.4. The Bertz CT molecular complexity index is 844. The van der Waals surface area contributed by atoms with Gasteiger partial charge in [-0.3, -0.25) is 14.6 Å². The highest BCUT2D eigenvalue weighted by atomic mass is 32.2. The molecular formula is C17H26N6O2S. The van der Waals surface area contributed by atoms with Crippen molar-refractivity contribution < 1.29 is 8.42 Å². The maximum absolute atomic E-state index is 12.4. The lowest BCUT2D eigenvalue weighted by molar-refractivity contribution is 0.296. The van der Waals surface area contributed by atoms with E-state index in [1.54, 1.807) is 32.7 Å². The van der Waals surface area contributed by atoms with Crippen molar-refractivity contribution in [3.63, 3.8) is 0 Å². The fourth-order valence-electron chi connectivity index (χ4n) is 3.23. The summed E-state index contributed by atoms with van der Waals surface area (Å²) < 4.78 is 29.5. The lowest BCUT2D eigenvalue weighted by atomic mass is 9.96. The average Bonchev–Trinajstić information content (AvgIpc) is 3.12. The van der Waals surface area contributed by atoms with Crippen LogP contribution in [0.2, 0.25) is 0 Å². The van der Waals surface area contributed by atoms with E-state index in [1.807, 2.05) is 10.7 Å². The third kappa shape index (κ3) is 3.65. The molecule has 0 saturated carbocycles. The van der Waals surface area contributed by atoms with Crippen LogP contribution >= 0.6 is 0 Å². The van der Waals surface area contributed by atoms with Gasteiger partial charge in [0.15, 0.2) is 0 Å². The Balaban J connectivity index is 1.79. The lowest BCUT2D eigenvalue weighted by Gasteiger charge is -2.33. The van der Waals surface area contributed by atoms with Gasteiger partial charge in [-0.25, -0.2) is 0 Å². The van der Waals surface area contributed by atoms with E-state index in [0.717, 1.165) is 29.9 Å². The molecule has 8 nitrogen and oxygen atoms in total. The van der Waals surface area contributed by atoms with Gasteiger partial charge in [-0.2, -0.15) is 22.1 Å². The van der Waals surface area contributed by atoms with Gasteiger partial charge in [0.1, 0.15) is 5.69 Å². The third-order valence-electron chi connectivity index (χ3n) is 4.68. The molecule has 1 aliphatic rings. The van der Waals surface area contributed by atoms with Gasteiger partial charge in [0, 0.05) is 51.5 Å². The first-order valence-corrected chi connectivity index (χ1v) is 10.2. The number of rotatable bonds is 5. The quantitative estimate of drug-likeness (QED) is 0.793. The first kappa shape index (κ1) is 18.9. The van der Waals surface area contributed by atoms with Gasteiger partial charge in [0.2, 0.25) is 0 Å². The molecule has 26 heavy (non-hydrogen) atoms. The van der Waals surface area contributed by atoms with E-state index in [2.05, 4.69) is 28.9 Å². The summed E-state index contributed by atoms with van der Waals surface area (Å²) in [5, 5.41) is 4.33. The molecule has 142 valence electrons. The van der Waals surface area contributed by atoms with Crippen LogP contribution in [0.4, 0.5) is 0 Å². The molecule has 0 aromatic carbocycles. The highest BCUT2D eigenvalue weighted by Gasteiger charge is 2.31. The highest BCUT2D eigenvalue weighted by Crippen LogP contribution is 2.28. The third-order valence-corrected chi connectivity index (χ3v) is 6.59. The van der Waals surface area contributed by atoms with Crippen LogP contribution in [0.5, 0.6) is 0 Å². The molecule has 1 aliphatic heterocycles. The first-order valence-electron chi connectivity index (χ1n) is 8.84. The Hall–Kier alpha value is -1.84. The average molecular weight is 379 g/mol. The molecule has 0 N–H and O–H groups in total. The molecule has 0 amide bonds. The second-order valence-corrected chi connectivity index (χ2v) is 9.21. The monoisotopic (exact) mass is 378 g/mol. The number of aromatic nitrogens is 4. The summed E-state index contributed by atoms with van der Waals surface area (Å²) in [7, 11) is -0.271. The summed E-state index contributed by atoms with van der Waals surface area (Å²) in [6, 6.07) is 2.17. The van der Waals surface area contributed by atoms with E-state index < -0.39 is 10.2 Å². The molecule has 9 heteroatoms. The van der Waals surface area contributed by atoms with Crippen molar-refractivity contribution in [3.05, 3.63) is 30.4 Å². The van der Waals surface area contributed by atoms with Crippen LogP contribution in [-0.4, -0.2) is 64.0 Å². The van der Waals surface area contributed by atoms with Crippen LogP contribution in [0.15, 0.2) is 24.7 Å². The molecule has 2 aromatic rings. The molecule has 3 rings (SSSR count). The Kier molecular flexibility index (Phi) is 5.40. The molecule has 0 radical (unpaired) electrons. The molecule has 0 bridgehead atoms. The maximum atomic E-state index is 12.4. The van der Waals surface area contributed by atoms with Gasteiger partial charge >= 0.3 is 0 Å². The molecule has 1 atom stereocenters. The van der Waals surface area contributed by atoms with Gasteiger partial charge in [-0.1, -0.05) is 0 Å². The maximum Gasteiger partial charge on any atom is 0.281 e. The zero-order valence-corrected chi connectivity index (χ0v) is 16.5. The molecule has 0 spiro atoms.